The van der Waals surface area contributed by atoms with E-state index in [-0.39, 0.29) is 0 Å². The van der Waals surface area contributed by atoms with Crippen LogP contribution in [0.25, 0.3) is 0 Å². The predicted octanol–water partition coefficient (Wildman–Crippen LogP) is 2.96. The predicted molar refractivity (Wildman–Crippen MR) is 101 cm³/mol. The highest BCUT2D eigenvalue weighted by atomic mass is 127. The summed E-state index contributed by atoms with van der Waals surface area (Å²) in [6.07, 6.45) is 2.71. The number of carbonyl (C=O) groups excluding carboxylic acids is 2. The first kappa shape index (κ1) is 17.7. The summed E-state index contributed by atoms with van der Waals surface area (Å²) in [6, 6.07) is 3.84. The summed E-state index contributed by atoms with van der Waals surface area (Å²) in [5.74, 6) is -2.42. The van der Waals surface area contributed by atoms with Gasteiger partial charge in [0.15, 0.2) is 5.75 Å². The molecule has 1 fully saturated rings. The van der Waals surface area contributed by atoms with Gasteiger partial charge in [0.2, 0.25) is 0 Å². The van der Waals surface area contributed by atoms with Crippen molar-refractivity contribution >= 4 is 79.7 Å². The van der Waals surface area contributed by atoms with Crippen molar-refractivity contribution in [1.82, 2.24) is 0 Å². The average molecular weight is 625 g/mol. The minimum absolute atomic E-state index is 0.457. The molecule has 21 heavy (non-hydrogen) atoms. The Bertz CT molecular complexity index is 550. The Hall–Kier alpha value is 0.350. The number of esters is 1. The van der Waals surface area contributed by atoms with E-state index in [1.165, 1.54) is 0 Å². The summed E-state index contributed by atoms with van der Waals surface area (Å²) in [4.78, 5) is 23.5. The normalized spacial score (nSPS) is 21.9. The van der Waals surface area contributed by atoms with Crippen LogP contribution in [-0.2, 0) is 9.59 Å². The molecule has 0 aromatic heterocycles. The number of carboxylic acid groups (broad SMARTS) is 1. The molecule has 1 aromatic rings. The van der Waals surface area contributed by atoms with E-state index in [0.717, 1.165) is 23.6 Å². The lowest BCUT2D eigenvalue weighted by Gasteiger charge is -2.30. The van der Waals surface area contributed by atoms with Crippen LogP contribution in [0.4, 0.5) is 0 Å². The van der Waals surface area contributed by atoms with Gasteiger partial charge in [0.1, 0.15) is 0 Å². The average Bonchev–Trinajstić information content (AvgIpc) is 2.42. The van der Waals surface area contributed by atoms with Crippen LogP contribution in [0.1, 0.15) is 25.7 Å². The Morgan fingerprint density at radius 1 is 1.05 bits per heavy atom. The van der Waals surface area contributed by atoms with Crippen LogP contribution in [0.5, 0.6) is 5.75 Å². The second-order valence-electron chi connectivity index (χ2n) is 4.94. The van der Waals surface area contributed by atoms with Crippen molar-refractivity contribution < 1.29 is 19.4 Å². The maximum Gasteiger partial charge on any atom is 0.315 e. The monoisotopic (exact) mass is 625 g/mol. The fourth-order valence-corrected chi connectivity index (χ4v) is 6.30. The van der Waals surface area contributed by atoms with E-state index in [9.17, 15) is 14.7 Å². The van der Waals surface area contributed by atoms with Crippen molar-refractivity contribution in [3.8, 4) is 5.75 Å². The van der Waals surface area contributed by atoms with Crippen molar-refractivity contribution in [2.24, 2.45) is 11.8 Å². The highest BCUT2D eigenvalue weighted by Gasteiger charge is 2.33. The Balaban J connectivity index is 2.19. The fraction of sp³-hybridized carbons (Fsp3) is 0.429. The second kappa shape index (κ2) is 7.75. The van der Waals surface area contributed by atoms with Crippen molar-refractivity contribution in [3.63, 3.8) is 0 Å². The number of hydrogen-bond donors (Lipinski definition) is 0. The molecule has 2 unspecified atom stereocenters. The van der Waals surface area contributed by atoms with Crippen LogP contribution in [0.3, 0.4) is 0 Å². The molecule has 4 nitrogen and oxygen atoms in total. The highest BCUT2D eigenvalue weighted by Crippen LogP contribution is 2.34. The molecule has 1 aromatic carbocycles. The zero-order chi connectivity index (χ0) is 15.6. The smallest absolute Gasteiger partial charge is 0.315 e. The fourth-order valence-electron chi connectivity index (χ4n) is 2.50. The number of carboxylic acids is 1. The van der Waals surface area contributed by atoms with E-state index < -0.39 is 23.8 Å². The van der Waals surface area contributed by atoms with E-state index in [1.54, 1.807) is 0 Å². The largest absolute Gasteiger partial charge is 0.550 e. The molecule has 0 heterocycles. The molecule has 0 N–H and O–H groups in total. The van der Waals surface area contributed by atoms with E-state index in [0.29, 0.717) is 18.6 Å². The molecule has 114 valence electrons. The number of aliphatic carboxylic acids is 1. The van der Waals surface area contributed by atoms with Crippen molar-refractivity contribution in [2.75, 3.05) is 0 Å². The van der Waals surface area contributed by atoms with Gasteiger partial charge in [-0.15, -0.1) is 0 Å². The second-order valence-corrected chi connectivity index (χ2v) is 8.51. The standard InChI is InChI=1S/C14H13I3O4/c15-7-5-10(16)12(11(17)6-7)21-14(20)9-4-2-1-3-8(9)13(18)19/h5-6,8-9H,1-4H2,(H,18,19)/p-1. The number of carbonyl (C=O) groups is 2. The lowest BCUT2D eigenvalue weighted by atomic mass is 9.79. The first-order valence-corrected chi connectivity index (χ1v) is 9.71. The molecular weight excluding hydrogens is 613 g/mol. The summed E-state index contributed by atoms with van der Waals surface area (Å²) >= 11 is 6.44. The van der Waals surface area contributed by atoms with Gasteiger partial charge in [-0.25, -0.2) is 0 Å². The zero-order valence-electron chi connectivity index (χ0n) is 10.9. The quantitative estimate of drug-likeness (QED) is 0.295. The molecule has 1 aliphatic rings. The first-order valence-electron chi connectivity index (χ1n) is 6.47. The molecule has 0 amide bonds. The molecule has 0 aliphatic heterocycles. The molecule has 0 spiro atoms. The minimum atomic E-state index is -1.15. The van der Waals surface area contributed by atoms with E-state index in [4.69, 9.17) is 4.74 Å². The SMILES string of the molecule is O=C([O-])C1CCCCC1C(=O)Oc1c(I)cc(I)cc1I. The third-order valence-corrected chi connectivity index (χ3v) is 5.76. The summed E-state index contributed by atoms with van der Waals surface area (Å²) in [5, 5.41) is 11.2. The zero-order valence-corrected chi connectivity index (χ0v) is 17.4. The van der Waals surface area contributed by atoms with Gasteiger partial charge in [0, 0.05) is 15.5 Å². The molecular formula is C14H12I3O4-. The number of benzene rings is 1. The number of hydrogen-bond acceptors (Lipinski definition) is 4. The first-order chi connectivity index (χ1) is 9.90. The van der Waals surface area contributed by atoms with E-state index in [1.807, 2.05) is 12.1 Å². The minimum Gasteiger partial charge on any atom is -0.550 e. The van der Waals surface area contributed by atoms with Crippen LogP contribution in [-0.4, -0.2) is 11.9 Å². The Morgan fingerprint density at radius 3 is 2.10 bits per heavy atom. The van der Waals surface area contributed by atoms with Crippen LogP contribution >= 0.6 is 67.8 Å². The van der Waals surface area contributed by atoms with Crippen LogP contribution < -0.4 is 9.84 Å². The van der Waals surface area contributed by atoms with E-state index in [2.05, 4.69) is 67.8 Å². The van der Waals surface area contributed by atoms with Gasteiger partial charge in [-0.1, -0.05) is 12.8 Å². The topological polar surface area (TPSA) is 66.4 Å². The molecule has 1 aliphatic carbocycles. The summed E-state index contributed by atoms with van der Waals surface area (Å²) in [5.41, 5.74) is 0. The summed E-state index contributed by atoms with van der Waals surface area (Å²) in [6.45, 7) is 0. The maximum absolute atomic E-state index is 12.3. The van der Waals surface area contributed by atoms with Crippen LogP contribution in [0, 0.1) is 22.5 Å². The maximum atomic E-state index is 12.3. The lowest BCUT2D eigenvalue weighted by Crippen LogP contribution is -2.42. The molecule has 1 saturated carbocycles. The lowest BCUT2D eigenvalue weighted by molar-refractivity contribution is -0.314. The molecule has 0 bridgehead atoms. The van der Waals surface area contributed by atoms with Crippen molar-refractivity contribution in [2.45, 2.75) is 25.7 Å². The Labute approximate surface area is 163 Å². The molecule has 0 radical (unpaired) electrons. The van der Waals surface area contributed by atoms with Crippen LogP contribution in [0.2, 0.25) is 0 Å². The molecule has 7 heteroatoms. The van der Waals surface area contributed by atoms with Gasteiger partial charge >= 0.3 is 5.97 Å². The molecule has 2 atom stereocenters. The third kappa shape index (κ3) is 4.43. The van der Waals surface area contributed by atoms with Crippen molar-refractivity contribution in [3.05, 3.63) is 22.8 Å². The molecule has 0 saturated heterocycles. The molecule has 2 rings (SSSR count). The Kier molecular flexibility index (Phi) is 6.53. The summed E-state index contributed by atoms with van der Waals surface area (Å²) in [7, 11) is 0. The van der Waals surface area contributed by atoms with Gasteiger partial charge in [-0.05, 0) is 92.7 Å². The number of rotatable bonds is 3. The van der Waals surface area contributed by atoms with Gasteiger partial charge < -0.3 is 14.6 Å². The third-order valence-electron chi connectivity index (χ3n) is 3.54. The highest BCUT2D eigenvalue weighted by molar-refractivity contribution is 14.1. The van der Waals surface area contributed by atoms with E-state index >= 15 is 0 Å². The van der Waals surface area contributed by atoms with Crippen LogP contribution in [0.15, 0.2) is 12.1 Å². The van der Waals surface area contributed by atoms with Gasteiger partial charge in [-0.3, -0.25) is 4.79 Å². The number of ether oxygens (including phenoxy) is 1. The Morgan fingerprint density at radius 2 is 1.57 bits per heavy atom. The van der Waals surface area contributed by atoms with Gasteiger partial charge in [-0.2, -0.15) is 0 Å². The van der Waals surface area contributed by atoms with Gasteiger partial charge in [0.05, 0.1) is 13.1 Å². The number of halogens is 3. The van der Waals surface area contributed by atoms with Gasteiger partial charge in [0.25, 0.3) is 0 Å². The summed E-state index contributed by atoms with van der Waals surface area (Å²) < 4.78 is 8.25. The van der Waals surface area contributed by atoms with Crippen molar-refractivity contribution in [1.29, 1.82) is 0 Å².